The van der Waals surface area contributed by atoms with E-state index in [1.54, 1.807) is 0 Å². The van der Waals surface area contributed by atoms with Gasteiger partial charge in [0.1, 0.15) is 0 Å². The van der Waals surface area contributed by atoms with Crippen LogP contribution in [0.25, 0.3) is 0 Å². The average molecular weight is 296 g/mol. The highest BCUT2D eigenvalue weighted by atomic mass is 35.5. The van der Waals surface area contributed by atoms with Gasteiger partial charge in [-0.1, -0.05) is 23.7 Å². The number of rotatable bonds is 5. The Hall–Kier alpha value is -0.570. The lowest BCUT2D eigenvalue weighted by molar-refractivity contribution is 0.0970. The Kier molecular flexibility index (Phi) is 5.48. The molecule has 1 aliphatic heterocycles. The Morgan fingerprint density at radius 3 is 2.55 bits per heavy atom. The third-order valence-electron chi connectivity index (χ3n) is 3.79. The van der Waals surface area contributed by atoms with Crippen molar-refractivity contribution in [3.05, 3.63) is 34.9 Å². The van der Waals surface area contributed by atoms with Gasteiger partial charge in [-0.3, -0.25) is 0 Å². The number of benzene rings is 1. The maximum atomic E-state index is 6.00. The Bertz CT molecular complexity index is 404. The minimum Gasteiger partial charge on any atom is -0.378 e. The highest BCUT2D eigenvalue weighted by Crippen LogP contribution is 2.28. The van der Waals surface area contributed by atoms with Crippen molar-refractivity contribution in [1.29, 1.82) is 0 Å². The molecule has 2 atom stereocenters. The van der Waals surface area contributed by atoms with Crippen molar-refractivity contribution in [2.75, 3.05) is 13.2 Å². The molecule has 3 heteroatoms. The summed E-state index contributed by atoms with van der Waals surface area (Å²) in [4.78, 5) is 0. The molecular weight excluding hydrogens is 270 g/mol. The van der Waals surface area contributed by atoms with E-state index in [1.165, 1.54) is 18.4 Å². The van der Waals surface area contributed by atoms with Crippen molar-refractivity contribution in [3.63, 3.8) is 0 Å². The molecule has 112 valence electrons. The van der Waals surface area contributed by atoms with E-state index in [9.17, 15) is 0 Å². The Morgan fingerprint density at radius 1 is 1.30 bits per heavy atom. The van der Waals surface area contributed by atoms with E-state index in [0.29, 0.717) is 12.0 Å². The van der Waals surface area contributed by atoms with Crippen LogP contribution in [0.4, 0.5) is 0 Å². The quantitative estimate of drug-likeness (QED) is 0.870. The van der Waals surface area contributed by atoms with Crippen molar-refractivity contribution in [2.24, 2.45) is 0 Å². The van der Waals surface area contributed by atoms with E-state index in [2.05, 4.69) is 38.2 Å². The summed E-state index contributed by atoms with van der Waals surface area (Å²) >= 11 is 6.00. The van der Waals surface area contributed by atoms with Gasteiger partial charge < -0.3 is 10.1 Å². The monoisotopic (exact) mass is 295 g/mol. The summed E-state index contributed by atoms with van der Waals surface area (Å²) < 4.78 is 5.81. The first-order chi connectivity index (χ1) is 9.44. The van der Waals surface area contributed by atoms with Gasteiger partial charge in [-0.15, -0.1) is 0 Å². The number of halogens is 1. The number of nitrogens with one attached hydrogen (secondary N) is 1. The van der Waals surface area contributed by atoms with Crippen LogP contribution >= 0.6 is 11.6 Å². The molecule has 2 unspecified atom stereocenters. The molecule has 1 saturated heterocycles. The fraction of sp³-hybridized carbons (Fsp3) is 0.647. The van der Waals surface area contributed by atoms with Gasteiger partial charge in [0.15, 0.2) is 0 Å². The molecule has 1 aliphatic rings. The summed E-state index contributed by atoms with van der Waals surface area (Å²) in [7, 11) is 0. The van der Waals surface area contributed by atoms with E-state index < -0.39 is 0 Å². The van der Waals surface area contributed by atoms with Crippen LogP contribution in [0.1, 0.15) is 51.5 Å². The van der Waals surface area contributed by atoms with E-state index >= 15 is 0 Å². The third kappa shape index (κ3) is 5.08. The van der Waals surface area contributed by atoms with Gasteiger partial charge >= 0.3 is 0 Å². The van der Waals surface area contributed by atoms with Gasteiger partial charge in [-0.25, -0.2) is 0 Å². The maximum absolute atomic E-state index is 6.00. The van der Waals surface area contributed by atoms with Crippen molar-refractivity contribution in [2.45, 2.75) is 57.6 Å². The van der Waals surface area contributed by atoms with Crippen LogP contribution in [0.5, 0.6) is 0 Å². The number of hydrogen-bond donors (Lipinski definition) is 1. The smallest absolute Gasteiger partial charge is 0.0582 e. The van der Waals surface area contributed by atoms with Gasteiger partial charge in [0.25, 0.3) is 0 Å². The lowest BCUT2D eigenvalue weighted by Crippen LogP contribution is -2.39. The van der Waals surface area contributed by atoms with Crippen molar-refractivity contribution in [3.8, 4) is 0 Å². The van der Waals surface area contributed by atoms with Crippen molar-refractivity contribution >= 4 is 11.6 Å². The summed E-state index contributed by atoms with van der Waals surface area (Å²) in [6.07, 6.45) is 3.90. The van der Waals surface area contributed by atoms with Gasteiger partial charge in [0.2, 0.25) is 0 Å². The van der Waals surface area contributed by atoms with E-state index in [1.807, 2.05) is 12.1 Å². The standard InChI is InChI=1S/C17H26ClNO/c1-17(2,3)19-12-14(11-16-5-4-10-20-16)13-6-8-15(18)9-7-13/h6-9,14,16,19H,4-5,10-12H2,1-3H3. The number of ether oxygens (including phenoxy) is 1. The second-order valence-corrected chi connectivity index (χ2v) is 7.19. The summed E-state index contributed by atoms with van der Waals surface area (Å²) in [5.74, 6) is 0.481. The van der Waals surface area contributed by atoms with Crippen LogP contribution in [0.3, 0.4) is 0 Å². The Labute approximate surface area is 127 Å². The maximum Gasteiger partial charge on any atom is 0.0582 e. The minimum atomic E-state index is 0.140. The first kappa shape index (κ1) is 15.8. The molecular formula is C17H26ClNO. The lowest BCUT2D eigenvalue weighted by atomic mass is 9.91. The molecule has 1 fully saturated rings. The highest BCUT2D eigenvalue weighted by Gasteiger charge is 2.23. The molecule has 1 heterocycles. The van der Waals surface area contributed by atoms with E-state index in [4.69, 9.17) is 16.3 Å². The molecule has 2 nitrogen and oxygen atoms in total. The zero-order valence-corrected chi connectivity index (χ0v) is 13.5. The highest BCUT2D eigenvalue weighted by molar-refractivity contribution is 6.30. The summed E-state index contributed by atoms with van der Waals surface area (Å²) in [5, 5.41) is 4.42. The first-order valence-corrected chi connectivity index (χ1v) is 7.94. The molecule has 2 rings (SSSR count). The van der Waals surface area contributed by atoms with Crippen LogP contribution in [0.2, 0.25) is 5.02 Å². The normalized spacial score (nSPS) is 21.1. The molecule has 0 radical (unpaired) electrons. The molecule has 1 aromatic rings. The molecule has 1 N–H and O–H groups in total. The third-order valence-corrected chi connectivity index (χ3v) is 4.04. The van der Waals surface area contributed by atoms with E-state index in [0.717, 1.165) is 24.6 Å². The predicted molar refractivity (Wildman–Crippen MR) is 85.5 cm³/mol. The molecule has 0 bridgehead atoms. The zero-order valence-electron chi connectivity index (χ0n) is 12.8. The minimum absolute atomic E-state index is 0.140. The first-order valence-electron chi connectivity index (χ1n) is 7.56. The molecule has 0 amide bonds. The number of hydrogen-bond acceptors (Lipinski definition) is 2. The van der Waals surface area contributed by atoms with Crippen LogP contribution in [-0.2, 0) is 4.74 Å². The Balaban J connectivity index is 2.03. The second kappa shape index (κ2) is 6.93. The van der Waals surface area contributed by atoms with Crippen LogP contribution in [0, 0.1) is 0 Å². The molecule has 0 aromatic heterocycles. The largest absolute Gasteiger partial charge is 0.378 e. The van der Waals surface area contributed by atoms with Crippen molar-refractivity contribution < 1.29 is 4.74 Å². The van der Waals surface area contributed by atoms with E-state index in [-0.39, 0.29) is 5.54 Å². The Morgan fingerprint density at radius 2 is 2.00 bits per heavy atom. The summed E-state index contributed by atoms with van der Waals surface area (Å²) in [6.45, 7) is 8.52. The molecule has 20 heavy (non-hydrogen) atoms. The van der Waals surface area contributed by atoms with Crippen LogP contribution in [-0.4, -0.2) is 24.8 Å². The van der Waals surface area contributed by atoms with Gasteiger partial charge in [0, 0.05) is 23.7 Å². The molecule has 0 aliphatic carbocycles. The van der Waals surface area contributed by atoms with Gasteiger partial charge in [-0.2, -0.15) is 0 Å². The van der Waals surface area contributed by atoms with Crippen LogP contribution < -0.4 is 5.32 Å². The van der Waals surface area contributed by atoms with Gasteiger partial charge in [0.05, 0.1) is 6.10 Å². The topological polar surface area (TPSA) is 21.3 Å². The predicted octanol–water partition coefficient (Wildman–Crippen LogP) is 4.38. The molecule has 1 aromatic carbocycles. The second-order valence-electron chi connectivity index (χ2n) is 6.75. The molecule has 0 saturated carbocycles. The fourth-order valence-corrected chi connectivity index (χ4v) is 2.78. The zero-order chi connectivity index (χ0) is 14.6. The summed E-state index contributed by atoms with van der Waals surface area (Å²) in [5.41, 5.74) is 1.49. The fourth-order valence-electron chi connectivity index (χ4n) is 2.65. The van der Waals surface area contributed by atoms with Gasteiger partial charge in [-0.05, 0) is 63.6 Å². The average Bonchev–Trinajstić information content (AvgIpc) is 2.87. The lowest BCUT2D eigenvalue weighted by Gasteiger charge is -2.27. The van der Waals surface area contributed by atoms with Crippen LogP contribution in [0.15, 0.2) is 24.3 Å². The molecule has 0 spiro atoms. The SMILES string of the molecule is CC(C)(C)NCC(CC1CCCO1)c1ccc(Cl)cc1. The summed E-state index contributed by atoms with van der Waals surface area (Å²) in [6, 6.07) is 8.26. The van der Waals surface area contributed by atoms with Crippen molar-refractivity contribution in [1.82, 2.24) is 5.32 Å².